The smallest absolute Gasteiger partial charge is 0.322 e. The zero-order valence-electron chi connectivity index (χ0n) is 7.02. The van der Waals surface area contributed by atoms with Crippen LogP contribution in [0, 0.1) is 0 Å². The number of nitrogens with zero attached hydrogens (tertiary/aromatic N) is 2. The predicted molar refractivity (Wildman–Crippen MR) is 44.7 cm³/mol. The van der Waals surface area contributed by atoms with Gasteiger partial charge < -0.3 is 15.2 Å². The lowest BCUT2D eigenvalue weighted by molar-refractivity contribution is -0.134. The van der Waals surface area contributed by atoms with Crippen molar-refractivity contribution in [3.63, 3.8) is 0 Å². The van der Waals surface area contributed by atoms with Gasteiger partial charge in [-0.3, -0.25) is 4.79 Å². The van der Waals surface area contributed by atoms with Crippen LogP contribution in [0.25, 0.3) is 0 Å². The first-order chi connectivity index (χ1) is 6.22. The van der Waals surface area contributed by atoms with E-state index in [0.29, 0.717) is 11.7 Å². The third kappa shape index (κ3) is 2.94. The van der Waals surface area contributed by atoms with E-state index in [1.165, 1.54) is 19.5 Å². The van der Waals surface area contributed by atoms with Gasteiger partial charge in [-0.05, 0) is 0 Å². The Kier molecular flexibility index (Phi) is 3.02. The van der Waals surface area contributed by atoms with Crippen LogP contribution in [0.2, 0.25) is 0 Å². The number of carbonyl (C=O) groups is 1. The van der Waals surface area contributed by atoms with Gasteiger partial charge in [0.2, 0.25) is 5.88 Å². The van der Waals surface area contributed by atoms with E-state index in [4.69, 9.17) is 9.84 Å². The van der Waals surface area contributed by atoms with Crippen molar-refractivity contribution in [3.8, 4) is 5.88 Å². The normalized spacial score (nSPS) is 9.31. The molecular weight excluding hydrogens is 174 g/mol. The standard InChI is InChI=1S/C7H9N3O3/c1-13-6-2-5(9-4-10-6)8-3-7(11)12/h2,4H,3H2,1H3,(H,11,12)(H,8,9,10). The summed E-state index contributed by atoms with van der Waals surface area (Å²) in [6.45, 7) is -0.180. The summed E-state index contributed by atoms with van der Waals surface area (Å²) in [5.74, 6) is -0.130. The van der Waals surface area contributed by atoms with Gasteiger partial charge in [-0.25, -0.2) is 9.97 Å². The number of ether oxygens (including phenoxy) is 1. The molecule has 1 aromatic rings. The number of carboxylic acid groups (broad SMARTS) is 1. The minimum Gasteiger partial charge on any atom is -0.481 e. The minimum absolute atomic E-state index is 0.180. The molecule has 1 rings (SSSR count). The van der Waals surface area contributed by atoms with Gasteiger partial charge in [0.1, 0.15) is 18.7 Å². The average Bonchev–Trinajstić information content (AvgIpc) is 2.15. The van der Waals surface area contributed by atoms with Gasteiger partial charge in [-0.1, -0.05) is 0 Å². The van der Waals surface area contributed by atoms with E-state index in [0.717, 1.165) is 0 Å². The van der Waals surface area contributed by atoms with Crippen molar-refractivity contribution >= 4 is 11.8 Å². The molecule has 0 saturated heterocycles. The van der Waals surface area contributed by atoms with Crippen molar-refractivity contribution in [1.82, 2.24) is 9.97 Å². The molecule has 13 heavy (non-hydrogen) atoms. The first-order valence-electron chi connectivity index (χ1n) is 3.54. The highest BCUT2D eigenvalue weighted by Gasteiger charge is 1.99. The van der Waals surface area contributed by atoms with Crippen LogP contribution in [-0.2, 0) is 4.79 Å². The molecule has 0 aliphatic heterocycles. The molecule has 6 heteroatoms. The molecular formula is C7H9N3O3. The zero-order chi connectivity index (χ0) is 9.68. The first-order valence-corrected chi connectivity index (χ1v) is 3.54. The maximum Gasteiger partial charge on any atom is 0.322 e. The van der Waals surface area contributed by atoms with Crippen LogP contribution in [0.5, 0.6) is 5.88 Å². The van der Waals surface area contributed by atoms with E-state index >= 15 is 0 Å². The third-order valence-electron chi connectivity index (χ3n) is 1.27. The molecule has 0 aliphatic rings. The second-order valence-electron chi connectivity index (χ2n) is 2.19. The molecule has 0 spiro atoms. The van der Waals surface area contributed by atoms with Crippen molar-refractivity contribution in [1.29, 1.82) is 0 Å². The summed E-state index contributed by atoms with van der Waals surface area (Å²) in [7, 11) is 1.48. The van der Waals surface area contributed by atoms with E-state index in [2.05, 4.69) is 15.3 Å². The molecule has 0 atom stereocenters. The van der Waals surface area contributed by atoms with Crippen molar-refractivity contribution < 1.29 is 14.6 Å². The zero-order valence-corrected chi connectivity index (χ0v) is 7.02. The lowest BCUT2D eigenvalue weighted by atomic mass is 10.5. The quantitative estimate of drug-likeness (QED) is 0.682. The van der Waals surface area contributed by atoms with Gasteiger partial charge >= 0.3 is 5.97 Å². The Labute approximate surface area is 74.6 Å². The monoisotopic (exact) mass is 183 g/mol. The highest BCUT2D eigenvalue weighted by atomic mass is 16.5. The lowest BCUT2D eigenvalue weighted by Gasteiger charge is -2.02. The van der Waals surface area contributed by atoms with E-state index in [1.54, 1.807) is 0 Å². The Morgan fingerprint density at radius 3 is 3.08 bits per heavy atom. The van der Waals surface area contributed by atoms with E-state index < -0.39 is 5.97 Å². The molecule has 1 aromatic heterocycles. The Morgan fingerprint density at radius 2 is 2.46 bits per heavy atom. The first kappa shape index (κ1) is 9.24. The fraction of sp³-hybridized carbons (Fsp3) is 0.286. The van der Waals surface area contributed by atoms with Crippen molar-refractivity contribution in [3.05, 3.63) is 12.4 Å². The number of aliphatic carboxylic acids is 1. The number of anilines is 1. The maximum atomic E-state index is 10.2. The van der Waals surface area contributed by atoms with Gasteiger partial charge in [0.25, 0.3) is 0 Å². The van der Waals surface area contributed by atoms with E-state index in [1.807, 2.05) is 0 Å². The van der Waals surface area contributed by atoms with Crippen LogP contribution in [0.3, 0.4) is 0 Å². The molecule has 2 N–H and O–H groups in total. The molecule has 1 heterocycles. The summed E-state index contributed by atoms with van der Waals surface area (Å²) in [4.78, 5) is 17.7. The highest BCUT2D eigenvalue weighted by molar-refractivity contribution is 5.72. The fourth-order valence-corrected chi connectivity index (χ4v) is 0.714. The van der Waals surface area contributed by atoms with E-state index in [-0.39, 0.29) is 6.54 Å². The maximum absolute atomic E-state index is 10.2. The van der Waals surface area contributed by atoms with Crippen molar-refractivity contribution in [2.75, 3.05) is 19.0 Å². The number of rotatable bonds is 4. The van der Waals surface area contributed by atoms with Gasteiger partial charge in [0.15, 0.2) is 0 Å². The lowest BCUT2D eigenvalue weighted by Crippen LogP contribution is -2.13. The second kappa shape index (κ2) is 4.24. The molecule has 6 nitrogen and oxygen atoms in total. The highest BCUT2D eigenvalue weighted by Crippen LogP contribution is 2.09. The summed E-state index contributed by atoms with van der Waals surface area (Å²) in [6.07, 6.45) is 1.29. The Morgan fingerprint density at radius 1 is 1.69 bits per heavy atom. The summed E-state index contributed by atoms with van der Waals surface area (Å²) >= 11 is 0. The SMILES string of the molecule is COc1cc(NCC(=O)O)ncn1. The molecule has 0 fully saturated rings. The van der Waals surface area contributed by atoms with Gasteiger partial charge in [0, 0.05) is 6.07 Å². The van der Waals surface area contributed by atoms with Crippen LogP contribution in [-0.4, -0.2) is 34.7 Å². The van der Waals surface area contributed by atoms with Crippen LogP contribution < -0.4 is 10.1 Å². The van der Waals surface area contributed by atoms with Crippen LogP contribution in [0.15, 0.2) is 12.4 Å². The van der Waals surface area contributed by atoms with Gasteiger partial charge in [-0.2, -0.15) is 0 Å². The topological polar surface area (TPSA) is 84.3 Å². The number of hydrogen-bond acceptors (Lipinski definition) is 5. The molecule has 0 aromatic carbocycles. The molecule has 0 aliphatic carbocycles. The fourth-order valence-electron chi connectivity index (χ4n) is 0.714. The predicted octanol–water partition coefficient (Wildman–Crippen LogP) is -0.0183. The van der Waals surface area contributed by atoms with Crippen LogP contribution in [0.4, 0.5) is 5.82 Å². The largest absolute Gasteiger partial charge is 0.481 e. The Hall–Kier alpha value is -1.85. The molecule has 70 valence electrons. The van der Waals surface area contributed by atoms with Crippen molar-refractivity contribution in [2.24, 2.45) is 0 Å². The minimum atomic E-state index is -0.947. The molecule has 0 amide bonds. The second-order valence-corrected chi connectivity index (χ2v) is 2.19. The number of nitrogens with one attached hydrogen (secondary N) is 1. The van der Waals surface area contributed by atoms with Gasteiger partial charge in [-0.15, -0.1) is 0 Å². The third-order valence-corrected chi connectivity index (χ3v) is 1.27. The average molecular weight is 183 g/mol. The summed E-state index contributed by atoms with van der Waals surface area (Å²) in [6, 6.07) is 1.52. The molecule has 0 unspecified atom stereocenters. The number of aromatic nitrogens is 2. The van der Waals surface area contributed by atoms with E-state index in [9.17, 15) is 4.79 Å². The molecule has 0 saturated carbocycles. The number of hydrogen-bond donors (Lipinski definition) is 2. The van der Waals surface area contributed by atoms with Gasteiger partial charge in [0.05, 0.1) is 7.11 Å². The Balaban J connectivity index is 2.61. The molecule has 0 radical (unpaired) electrons. The van der Waals surface area contributed by atoms with Crippen LogP contribution >= 0.6 is 0 Å². The number of carboxylic acids is 1. The molecule has 0 bridgehead atoms. The number of methoxy groups -OCH3 is 1. The summed E-state index contributed by atoms with van der Waals surface area (Å²) in [5.41, 5.74) is 0. The Bertz CT molecular complexity index is 303. The van der Waals surface area contributed by atoms with Crippen LogP contribution in [0.1, 0.15) is 0 Å². The summed E-state index contributed by atoms with van der Waals surface area (Å²) < 4.78 is 4.82. The van der Waals surface area contributed by atoms with Crippen molar-refractivity contribution in [2.45, 2.75) is 0 Å². The summed E-state index contributed by atoms with van der Waals surface area (Å²) in [5, 5.41) is 11.0.